The number of carboxylic acid groups (broad SMARTS) is 1. The van der Waals surface area contributed by atoms with E-state index in [2.05, 4.69) is 62.2 Å². The van der Waals surface area contributed by atoms with Crippen molar-refractivity contribution in [2.24, 2.45) is 22.7 Å². The van der Waals surface area contributed by atoms with Crippen LogP contribution in [-0.2, 0) is 20.8 Å². The van der Waals surface area contributed by atoms with E-state index < -0.39 is 23.0 Å². The Morgan fingerprint density at radius 2 is 1.70 bits per heavy atom. The van der Waals surface area contributed by atoms with E-state index in [1.807, 2.05) is 6.92 Å². The first-order valence-electron chi connectivity index (χ1n) is 16.1. The van der Waals surface area contributed by atoms with Gasteiger partial charge in [0.25, 0.3) is 0 Å². The van der Waals surface area contributed by atoms with E-state index >= 15 is 0 Å². The fraction of sp³-hybridized carbons (Fsp3) is 0.686. The highest BCUT2D eigenvalue weighted by atomic mass is 16.7. The molecule has 1 heterocycles. The summed E-state index contributed by atoms with van der Waals surface area (Å²) in [6.07, 6.45) is 6.33. The van der Waals surface area contributed by atoms with Gasteiger partial charge < -0.3 is 35.4 Å². The Labute approximate surface area is 255 Å². The molecule has 5 aliphatic rings. The molecule has 0 aromatic heterocycles. The summed E-state index contributed by atoms with van der Waals surface area (Å²) in [4.78, 5) is 10.8. The molecule has 6 atom stereocenters. The number of aliphatic hydroxyl groups is 2. The highest BCUT2D eigenvalue weighted by Gasteiger charge is 2.63. The number of carboxylic acids is 1. The summed E-state index contributed by atoms with van der Waals surface area (Å²) in [6.45, 7) is 14.1. The predicted octanol–water partition coefficient (Wildman–Crippen LogP) is 4.97. The lowest BCUT2D eigenvalue weighted by molar-refractivity contribution is -0.322. The van der Waals surface area contributed by atoms with Gasteiger partial charge in [0.1, 0.15) is 6.54 Å². The maximum atomic E-state index is 12.4. The lowest BCUT2D eigenvalue weighted by atomic mass is 9.50. The fourth-order valence-corrected chi connectivity index (χ4v) is 9.09. The molecule has 0 radical (unpaired) electrons. The lowest BCUT2D eigenvalue weighted by Crippen LogP contribution is -2.58. The van der Waals surface area contributed by atoms with Crippen molar-refractivity contribution in [3.8, 4) is 0 Å². The number of rotatable bonds is 7. The van der Waals surface area contributed by atoms with Crippen LogP contribution in [0.25, 0.3) is 0 Å². The number of benzene rings is 1. The standard InChI is InChI=1S/C35H50N2O6/c1-22(37-18-29(38)39)36-17-23-6-8-24(9-7-23)26-16-32(4)27(11-13-33(32,5)40)25-10-14-34(41)19-35(15-12-28(34)30(25)26)42-20-31(2,3)21-43-35/h6-9,25-27,36-37,40-41H,1,10-21H2,2-5H3,(H,38,39)/t25?,26-,27?,32?,33?,34?/m1/s1. The van der Waals surface area contributed by atoms with E-state index in [4.69, 9.17) is 14.6 Å². The van der Waals surface area contributed by atoms with Crippen LogP contribution < -0.4 is 10.6 Å². The van der Waals surface area contributed by atoms with Crippen molar-refractivity contribution in [1.29, 1.82) is 0 Å². The summed E-state index contributed by atoms with van der Waals surface area (Å²) >= 11 is 0. The minimum atomic E-state index is -0.939. The highest BCUT2D eigenvalue weighted by Crippen LogP contribution is 2.67. The summed E-state index contributed by atoms with van der Waals surface area (Å²) in [5.41, 5.74) is 3.02. The normalized spacial score (nSPS) is 37.7. The van der Waals surface area contributed by atoms with E-state index in [-0.39, 0.29) is 23.3 Å². The molecule has 0 bridgehead atoms. The van der Waals surface area contributed by atoms with E-state index in [0.717, 1.165) is 44.1 Å². The third-order valence-electron chi connectivity index (χ3n) is 11.8. The molecule has 1 spiro atoms. The first-order valence-corrected chi connectivity index (χ1v) is 16.1. The van der Waals surface area contributed by atoms with E-state index in [9.17, 15) is 15.0 Å². The van der Waals surface area contributed by atoms with Crippen LogP contribution in [0.2, 0.25) is 0 Å². The third-order valence-corrected chi connectivity index (χ3v) is 11.8. The molecule has 4 aliphatic carbocycles. The number of allylic oxidation sites excluding steroid dienone is 1. The zero-order chi connectivity index (χ0) is 30.8. The minimum absolute atomic E-state index is 0.0213. The molecule has 236 valence electrons. The molecule has 1 aromatic rings. The molecule has 6 rings (SSSR count). The van der Waals surface area contributed by atoms with Crippen molar-refractivity contribution in [3.05, 3.63) is 58.9 Å². The van der Waals surface area contributed by atoms with Crippen molar-refractivity contribution in [2.75, 3.05) is 19.8 Å². The largest absolute Gasteiger partial charge is 0.480 e. The van der Waals surface area contributed by atoms with Crippen LogP contribution in [0.5, 0.6) is 0 Å². The zero-order valence-corrected chi connectivity index (χ0v) is 26.3. The van der Waals surface area contributed by atoms with Crippen molar-refractivity contribution < 1.29 is 29.6 Å². The van der Waals surface area contributed by atoms with Gasteiger partial charge in [0, 0.05) is 36.1 Å². The first kappa shape index (κ1) is 30.6. The Balaban J connectivity index is 1.30. The average molecular weight is 595 g/mol. The van der Waals surface area contributed by atoms with Gasteiger partial charge in [0.2, 0.25) is 0 Å². The molecular weight excluding hydrogens is 544 g/mol. The molecule has 5 unspecified atom stereocenters. The van der Waals surface area contributed by atoms with Crippen LogP contribution in [0.15, 0.2) is 47.8 Å². The van der Waals surface area contributed by atoms with Gasteiger partial charge in [-0.05, 0) is 74.0 Å². The number of fused-ring (bicyclic) bond motifs is 4. The molecule has 4 fully saturated rings. The Kier molecular flexibility index (Phi) is 7.56. The number of ether oxygens (including phenoxy) is 2. The molecule has 5 N–H and O–H groups in total. The van der Waals surface area contributed by atoms with Gasteiger partial charge in [-0.3, -0.25) is 4.79 Å². The van der Waals surface area contributed by atoms with Crippen LogP contribution in [0, 0.1) is 22.7 Å². The van der Waals surface area contributed by atoms with Crippen LogP contribution in [-0.4, -0.2) is 58.0 Å². The van der Waals surface area contributed by atoms with E-state index in [0.29, 0.717) is 50.3 Å². The molecule has 1 saturated heterocycles. The van der Waals surface area contributed by atoms with E-state index in [1.54, 1.807) is 0 Å². The number of hydrogen-bond acceptors (Lipinski definition) is 7. The molecular formula is C35H50N2O6. The Morgan fingerprint density at radius 3 is 2.37 bits per heavy atom. The third kappa shape index (κ3) is 5.43. The van der Waals surface area contributed by atoms with Crippen LogP contribution in [0.4, 0.5) is 0 Å². The number of nitrogens with one attached hydrogen (secondary N) is 2. The van der Waals surface area contributed by atoms with Gasteiger partial charge in [-0.15, -0.1) is 0 Å². The Morgan fingerprint density at radius 1 is 1.00 bits per heavy atom. The van der Waals surface area contributed by atoms with Crippen LogP contribution in [0.3, 0.4) is 0 Å². The summed E-state index contributed by atoms with van der Waals surface area (Å²) in [7, 11) is 0. The molecule has 43 heavy (non-hydrogen) atoms. The summed E-state index contributed by atoms with van der Waals surface area (Å²) in [5, 5.41) is 38.8. The smallest absolute Gasteiger partial charge is 0.322 e. The SMILES string of the molecule is C=C(NCC(=O)O)NCc1ccc([C@H]2CC3(C)C(CCC3(C)O)C3CCC4(O)CC5(CCC4=C32)OCC(C)(C)CO5)cc1. The van der Waals surface area contributed by atoms with Gasteiger partial charge in [0.05, 0.1) is 30.2 Å². The van der Waals surface area contributed by atoms with Crippen LogP contribution >= 0.6 is 0 Å². The topological polar surface area (TPSA) is 120 Å². The highest BCUT2D eigenvalue weighted by molar-refractivity contribution is 5.69. The van der Waals surface area contributed by atoms with Gasteiger partial charge >= 0.3 is 5.97 Å². The van der Waals surface area contributed by atoms with Crippen molar-refractivity contribution in [2.45, 2.75) is 109 Å². The number of aliphatic carboxylic acids is 1. The van der Waals surface area contributed by atoms with Crippen molar-refractivity contribution >= 4 is 5.97 Å². The molecule has 0 amide bonds. The minimum Gasteiger partial charge on any atom is -0.480 e. The zero-order valence-electron chi connectivity index (χ0n) is 26.3. The summed E-state index contributed by atoms with van der Waals surface area (Å²) in [6, 6.07) is 8.62. The monoisotopic (exact) mass is 594 g/mol. The maximum absolute atomic E-state index is 12.4. The summed E-state index contributed by atoms with van der Waals surface area (Å²) in [5.74, 6) is -0.308. The fourth-order valence-electron chi connectivity index (χ4n) is 9.09. The molecule has 8 heteroatoms. The lowest BCUT2D eigenvalue weighted by Gasteiger charge is -2.58. The Hall–Kier alpha value is -2.39. The molecule has 8 nitrogen and oxygen atoms in total. The first-order chi connectivity index (χ1) is 20.2. The van der Waals surface area contributed by atoms with Gasteiger partial charge in [0.15, 0.2) is 5.79 Å². The quantitative estimate of drug-likeness (QED) is 0.281. The predicted molar refractivity (Wildman–Crippen MR) is 164 cm³/mol. The average Bonchev–Trinajstić information content (AvgIpc) is 3.20. The van der Waals surface area contributed by atoms with Gasteiger partial charge in [-0.1, -0.05) is 57.2 Å². The van der Waals surface area contributed by atoms with E-state index in [1.165, 1.54) is 16.7 Å². The number of hydrogen-bond donors (Lipinski definition) is 5. The van der Waals surface area contributed by atoms with Gasteiger partial charge in [-0.2, -0.15) is 0 Å². The Bertz CT molecular complexity index is 1290. The second kappa shape index (κ2) is 10.6. The second-order valence-electron chi connectivity index (χ2n) is 15.4. The van der Waals surface area contributed by atoms with Crippen molar-refractivity contribution in [1.82, 2.24) is 10.6 Å². The summed E-state index contributed by atoms with van der Waals surface area (Å²) < 4.78 is 12.8. The van der Waals surface area contributed by atoms with Crippen LogP contribution in [0.1, 0.15) is 96.1 Å². The van der Waals surface area contributed by atoms with Gasteiger partial charge in [-0.25, -0.2) is 0 Å². The maximum Gasteiger partial charge on any atom is 0.322 e. The van der Waals surface area contributed by atoms with Crippen molar-refractivity contribution in [3.63, 3.8) is 0 Å². The second-order valence-corrected chi connectivity index (χ2v) is 15.4. The number of carbonyl (C=O) groups is 1. The molecule has 1 aromatic carbocycles. The molecule has 3 saturated carbocycles. The molecule has 1 aliphatic heterocycles.